The maximum absolute atomic E-state index is 13.0. The second-order valence-corrected chi connectivity index (χ2v) is 11.1. The third kappa shape index (κ3) is 8.14. The van der Waals surface area contributed by atoms with E-state index in [0.29, 0.717) is 25.9 Å². The van der Waals surface area contributed by atoms with Crippen molar-refractivity contribution < 1.29 is 24.2 Å². The minimum Gasteiger partial charge on any atom is -0.465 e. The molecule has 1 aromatic heterocycles. The van der Waals surface area contributed by atoms with Crippen LogP contribution >= 0.6 is 11.3 Å². The summed E-state index contributed by atoms with van der Waals surface area (Å²) in [4.78, 5) is 39.7. The molecular formula is C29H40N2O5S. The summed E-state index contributed by atoms with van der Waals surface area (Å²) in [6, 6.07) is 10.3. The fourth-order valence-electron chi connectivity index (χ4n) is 4.89. The number of hydrogen-bond acceptors (Lipinski definition) is 5. The number of amides is 3. The highest BCUT2D eigenvalue weighted by Crippen LogP contribution is 2.34. The van der Waals surface area contributed by atoms with Crippen molar-refractivity contribution in [3.63, 3.8) is 0 Å². The van der Waals surface area contributed by atoms with E-state index in [9.17, 15) is 14.4 Å². The summed E-state index contributed by atoms with van der Waals surface area (Å²) < 4.78 is 5.84. The molecule has 3 rings (SSSR count). The van der Waals surface area contributed by atoms with Gasteiger partial charge < -0.3 is 14.7 Å². The molecule has 0 aliphatic carbocycles. The summed E-state index contributed by atoms with van der Waals surface area (Å²) in [5, 5.41) is 13.2. The fraction of sp³-hybridized carbons (Fsp3) is 0.552. The Morgan fingerprint density at radius 1 is 1.11 bits per heavy atom. The third-order valence-corrected chi connectivity index (χ3v) is 8.03. The first-order valence-corrected chi connectivity index (χ1v) is 14.2. The molecule has 1 aliphatic rings. The van der Waals surface area contributed by atoms with Crippen LogP contribution < -0.4 is 5.32 Å². The molecule has 2 N–H and O–H groups in total. The Morgan fingerprint density at radius 2 is 1.81 bits per heavy atom. The smallest absolute Gasteiger partial charge is 0.411 e. The molecule has 0 bridgehead atoms. The molecule has 2 atom stereocenters. The van der Waals surface area contributed by atoms with E-state index in [4.69, 9.17) is 9.84 Å². The third-order valence-electron chi connectivity index (χ3n) is 7.09. The van der Waals surface area contributed by atoms with Crippen molar-refractivity contribution >= 4 is 29.2 Å². The van der Waals surface area contributed by atoms with Crippen LogP contribution in [0.1, 0.15) is 69.7 Å². The first kappa shape index (κ1) is 28.9. The van der Waals surface area contributed by atoms with Gasteiger partial charge in [-0.2, -0.15) is 0 Å². The Labute approximate surface area is 224 Å². The van der Waals surface area contributed by atoms with Gasteiger partial charge in [0.15, 0.2) is 0 Å². The first-order valence-electron chi connectivity index (χ1n) is 13.4. The van der Waals surface area contributed by atoms with Crippen LogP contribution in [0.5, 0.6) is 0 Å². The minimum absolute atomic E-state index is 0.0890. The van der Waals surface area contributed by atoms with E-state index < -0.39 is 23.5 Å². The summed E-state index contributed by atoms with van der Waals surface area (Å²) in [5.41, 5.74) is 2.40. The number of rotatable bonds is 12. The molecular weight excluding hydrogens is 488 g/mol. The molecule has 1 saturated heterocycles. The van der Waals surface area contributed by atoms with Crippen LogP contribution in [0.4, 0.5) is 4.79 Å². The lowest BCUT2D eigenvalue weighted by molar-refractivity contribution is -0.144. The summed E-state index contributed by atoms with van der Waals surface area (Å²) in [6.07, 6.45) is 4.98. The monoisotopic (exact) mass is 528 g/mol. The Morgan fingerprint density at radius 3 is 2.43 bits per heavy atom. The fourth-order valence-corrected chi connectivity index (χ4v) is 5.97. The van der Waals surface area contributed by atoms with Gasteiger partial charge in [0, 0.05) is 31.0 Å². The molecule has 1 aromatic carbocycles. The van der Waals surface area contributed by atoms with Gasteiger partial charge >= 0.3 is 6.09 Å². The highest BCUT2D eigenvalue weighted by Gasteiger charge is 2.34. The van der Waals surface area contributed by atoms with E-state index >= 15 is 0 Å². The van der Waals surface area contributed by atoms with E-state index in [-0.39, 0.29) is 5.91 Å². The van der Waals surface area contributed by atoms with Gasteiger partial charge in [-0.3, -0.25) is 14.9 Å². The summed E-state index contributed by atoms with van der Waals surface area (Å²) in [5.74, 6) is -0.359. The molecule has 1 fully saturated rings. The molecule has 0 spiro atoms. The number of nitrogens with one attached hydrogen (secondary N) is 1. The number of carbonyl (C=O) groups excluding carboxylic acids is 2. The maximum Gasteiger partial charge on any atom is 0.411 e. The number of imide groups is 1. The number of ether oxygens (including phenoxy) is 1. The second-order valence-electron chi connectivity index (χ2n) is 10.1. The van der Waals surface area contributed by atoms with Gasteiger partial charge in [-0.05, 0) is 67.2 Å². The first-order chi connectivity index (χ1) is 17.8. The zero-order chi connectivity index (χ0) is 26.8. The van der Waals surface area contributed by atoms with E-state index in [1.54, 1.807) is 11.3 Å². The van der Waals surface area contributed by atoms with E-state index in [1.165, 1.54) is 6.42 Å². The van der Waals surface area contributed by atoms with Crippen LogP contribution in [-0.4, -0.2) is 53.7 Å². The van der Waals surface area contributed by atoms with Crippen LogP contribution in [0.3, 0.4) is 0 Å². The molecule has 0 radical (unpaired) electrons. The van der Waals surface area contributed by atoms with Gasteiger partial charge in [-0.1, -0.05) is 51.0 Å². The normalized spacial score (nSPS) is 16.1. The summed E-state index contributed by atoms with van der Waals surface area (Å²) in [7, 11) is 0. The van der Waals surface area contributed by atoms with Crippen LogP contribution in [0.15, 0.2) is 35.7 Å². The number of thiophene rings is 1. The number of likely N-dealkylation sites (tertiary alicyclic amines) is 1. The molecule has 202 valence electrons. The maximum atomic E-state index is 13.0. The number of nitrogens with zero attached hydrogens (tertiary/aromatic N) is 1. The van der Waals surface area contributed by atoms with Crippen molar-refractivity contribution in [3.8, 4) is 11.1 Å². The average Bonchev–Trinajstić information content (AvgIpc) is 3.35. The van der Waals surface area contributed by atoms with E-state index in [2.05, 4.69) is 35.8 Å². The van der Waals surface area contributed by atoms with Crippen molar-refractivity contribution in [1.82, 2.24) is 10.2 Å². The quantitative estimate of drug-likeness (QED) is 0.357. The van der Waals surface area contributed by atoms with Crippen LogP contribution in [0.25, 0.3) is 11.1 Å². The summed E-state index contributed by atoms with van der Waals surface area (Å²) in [6.45, 7) is 7.96. The highest BCUT2D eigenvalue weighted by molar-refractivity contribution is 7.10. The lowest BCUT2D eigenvalue weighted by Gasteiger charge is -2.30. The zero-order valence-corrected chi connectivity index (χ0v) is 23.1. The van der Waals surface area contributed by atoms with Crippen molar-refractivity contribution in [2.24, 2.45) is 5.41 Å². The predicted octanol–water partition coefficient (Wildman–Crippen LogP) is 5.91. The lowest BCUT2D eigenvalue weighted by atomic mass is 9.80. The molecule has 0 saturated carbocycles. The average molecular weight is 529 g/mol. The van der Waals surface area contributed by atoms with Gasteiger partial charge in [0.05, 0.1) is 5.41 Å². The second kappa shape index (κ2) is 13.7. The van der Waals surface area contributed by atoms with Crippen molar-refractivity contribution in [3.05, 3.63) is 46.2 Å². The standard InChI is InChI=1S/C29H40N2O5S/c1-4-6-14-29(3,27(33)30-28(34)35)19-24-18-23(20-37-24)22-12-10-21(11-13-22)17-25(36-5-2)26(32)31-15-8-7-9-16-31/h10-13,18,20,25H,4-9,14-17,19H2,1-3H3,(H,30,33)(H,34,35)/t25-,29?/m0/s1. The van der Waals surface area contributed by atoms with Crippen LogP contribution in [-0.2, 0) is 27.2 Å². The molecule has 8 heteroatoms. The molecule has 7 nitrogen and oxygen atoms in total. The number of piperidine rings is 1. The molecule has 37 heavy (non-hydrogen) atoms. The number of benzene rings is 1. The Hall–Kier alpha value is -2.71. The number of unbranched alkanes of at least 4 members (excludes halogenated alkanes) is 1. The molecule has 1 aliphatic heterocycles. The van der Waals surface area contributed by atoms with Crippen molar-refractivity contribution in [2.75, 3.05) is 19.7 Å². The minimum atomic E-state index is -1.32. The SMILES string of the molecule is CCCCC(C)(Cc1cc(-c2ccc(C[C@H](OCC)C(=O)N3CCCCC3)cc2)cs1)C(=O)NC(=O)O. The Balaban J connectivity index is 1.68. The number of carboxylic acid groups (broad SMARTS) is 1. The Bertz CT molecular complexity index is 1040. The molecule has 2 heterocycles. The van der Waals surface area contributed by atoms with Crippen LogP contribution in [0.2, 0.25) is 0 Å². The van der Waals surface area contributed by atoms with Crippen molar-refractivity contribution in [1.29, 1.82) is 0 Å². The zero-order valence-electron chi connectivity index (χ0n) is 22.3. The molecule has 3 amide bonds. The highest BCUT2D eigenvalue weighted by atomic mass is 32.1. The lowest BCUT2D eigenvalue weighted by Crippen LogP contribution is -2.44. The Kier molecular flexibility index (Phi) is 10.7. The van der Waals surface area contributed by atoms with E-state index in [1.807, 2.05) is 30.9 Å². The van der Waals surface area contributed by atoms with Gasteiger partial charge in [-0.15, -0.1) is 11.3 Å². The number of hydrogen-bond donors (Lipinski definition) is 2. The van der Waals surface area contributed by atoms with Gasteiger partial charge in [0.2, 0.25) is 5.91 Å². The number of carbonyl (C=O) groups is 3. The van der Waals surface area contributed by atoms with Gasteiger partial charge in [0.25, 0.3) is 5.91 Å². The van der Waals surface area contributed by atoms with E-state index in [0.717, 1.165) is 60.3 Å². The van der Waals surface area contributed by atoms with Crippen LogP contribution in [0, 0.1) is 5.41 Å². The largest absolute Gasteiger partial charge is 0.465 e. The molecule has 1 unspecified atom stereocenters. The van der Waals surface area contributed by atoms with Gasteiger partial charge in [-0.25, -0.2) is 4.79 Å². The molecule has 2 aromatic rings. The summed E-state index contributed by atoms with van der Waals surface area (Å²) >= 11 is 1.58. The van der Waals surface area contributed by atoms with Crippen molar-refractivity contribution in [2.45, 2.75) is 78.2 Å². The topological polar surface area (TPSA) is 95.9 Å². The van der Waals surface area contributed by atoms with Gasteiger partial charge in [0.1, 0.15) is 6.10 Å². The predicted molar refractivity (Wildman–Crippen MR) is 147 cm³/mol.